The fourth-order valence-corrected chi connectivity index (χ4v) is 4.58. The summed E-state index contributed by atoms with van der Waals surface area (Å²) in [4.78, 5) is 19.6. The van der Waals surface area contributed by atoms with E-state index in [1.807, 2.05) is 24.8 Å². The number of hydrogen-bond donors (Lipinski definition) is 1. The van der Waals surface area contributed by atoms with Gasteiger partial charge in [0.1, 0.15) is 11.6 Å². The molecule has 0 aliphatic heterocycles. The standard InChI is InChI=1S/C28H45N7/c1-5-16-34(17-6-2)22-26-11-9-25(10-12-26)21-32(3)18-7-8-19-35(23-27-29-13-14-30-27)24-28-31-15-20-33(28)4/h9-15,20H,5-8,16-19,21-24H2,1-4H3,(H,29,30). The molecule has 192 valence electrons. The molecule has 35 heavy (non-hydrogen) atoms. The minimum absolute atomic E-state index is 0.815. The van der Waals surface area contributed by atoms with Gasteiger partial charge in [-0.15, -0.1) is 0 Å². The number of imidazole rings is 2. The fourth-order valence-electron chi connectivity index (χ4n) is 4.58. The molecular weight excluding hydrogens is 434 g/mol. The van der Waals surface area contributed by atoms with E-state index < -0.39 is 0 Å². The van der Waals surface area contributed by atoms with Crippen molar-refractivity contribution in [3.63, 3.8) is 0 Å². The second-order valence-electron chi connectivity index (χ2n) is 9.74. The van der Waals surface area contributed by atoms with Crippen LogP contribution in [-0.4, -0.2) is 67.4 Å². The first-order valence-electron chi connectivity index (χ1n) is 13.2. The van der Waals surface area contributed by atoms with Crippen molar-refractivity contribution in [2.75, 3.05) is 33.2 Å². The monoisotopic (exact) mass is 479 g/mol. The Bertz CT molecular complexity index is 927. The van der Waals surface area contributed by atoms with Crippen LogP contribution in [0.1, 0.15) is 62.3 Å². The predicted molar refractivity (Wildman–Crippen MR) is 144 cm³/mol. The molecule has 3 rings (SSSR count). The number of hydrogen-bond acceptors (Lipinski definition) is 5. The van der Waals surface area contributed by atoms with Crippen molar-refractivity contribution >= 4 is 0 Å². The van der Waals surface area contributed by atoms with E-state index >= 15 is 0 Å². The van der Waals surface area contributed by atoms with E-state index in [0.29, 0.717) is 0 Å². The molecule has 0 amide bonds. The molecule has 0 saturated heterocycles. The average molecular weight is 480 g/mol. The Hall–Kier alpha value is -2.48. The first-order chi connectivity index (χ1) is 17.1. The molecule has 0 unspecified atom stereocenters. The molecule has 0 bridgehead atoms. The van der Waals surface area contributed by atoms with Crippen molar-refractivity contribution in [1.82, 2.24) is 34.2 Å². The Labute approximate surface area is 212 Å². The van der Waals surface area contributed by atoms with E-state index in [2.05, 4.69) is 86.4 Å². The molecule has 0 radical (unpaired) electrons. The van der Waals surface area contributed by atoms with Crippen molar-refractivity contribution < 1.29 is 0 Å². The largest absolute Gasteiger partial charge is 0.348 e. The molecule has 2 aromatic heterocycles. The van der Waals surface area contributed by atoms with E-state index in [1.54, 1.807) is 0 Å². The lowest BCUT2D eigenvalue weighted by atomic mass is 10.1. The maximum Gasteiger partial charge on any atom is 0.122 e. The van der Waals surface area contributed by atoms with Gasteiger partial charge < -0.3 is 14.5 Å². The van der Waals surface area contributed by atoms with Crippen LogP contribution >= 0.6 is 0 Å². The highest BCUT2D eigenvalue weighted by Crippen LogP contribution is 2.12. The number of rotatable bonds is 17. The maximum absolute atomic E-state index is 4.51. The predicted octanol–water partition coefficient (Wildman–Crippen LogP) is 4.68. The van der Waals surface area contributed by atoms with Gasteiger partial charge >= 0.3 is 0 Å². The van der Waals surface area contributed by atoms with Crippen LogP contribution in [0, 0.1) is 0 Å². The van der Waals surface area contributed by atoms with Crippen molar-refractivity contribution in [1.29, 1.82) is 0 Å². The molecule has 0 spiro atoms. The summed E-state index contributed by atoms with van der Waals surface area (Å²) in [6.07, 6.45) is 12.3. The van der Waals surface area contributed by atoms with E-state index in [4.69, 9.17) is 0 Å². The molecule has 0 aliphatic rings. The van der Waals surface area contributed by atoms with Crippen LogP contribution in [0.3, 0.4) is 0 Å². The van der Waals surface area contributed by atoms with Crippen molar-refractivity contribution in [3.05, 3.63) is 71.8 Å². The number of aromatic nitrogens is 4. The van der Waals surface area contributed by atoms with Gasteiger partial charge in [0.15, 0.2) is 0 Å². The fraction of sp³-hybridized carbons (Fsp3) is 0.571. The summed E-state index contributed by atoms with van der Waals surface area (Å²) in [5.41, 5.74) is 2.81. The number of aryl methyl sites for hydroxylation is 1. The first-order valence-corrected chi connectivity index (χ1v) is 13.2. The second kappa shape index (κ2) is 14.8. The van der Waals surface area contributed by atoms with Crippen LogP contribution in [0.4, 0.5) is 0 Å². The normalized spacial score (nSPS) is 11.9. The van der Waals surface area contributed by atoms with Crippen molar-refractivity contribution in [2.24, 2.45) is 7.05 Å². The summed E-state index contributed by atoms with van der Waals surface area (Å²) in [6.45, 7) is 12.7. The van der Waals surface area contributed by atoms with Gasteiger partial charge in [0.25, 0.3) is 0 Å². The number of unbranched alkanes of at least 4 members (excludes halogenated alkanes) is 1. The average Bonchev–Trinajstić information content (AvgIpc) is 3.50. The third-order valence-corrected chi connectivity index (χ3v) is 6.44. The SMILES string of the molecule is CCCN(CCC)Cc1ccc(CN(C)CCCCN(Cc2ncc[nH]2)Cc2nccn2C)cc1. The molecule has 7 nitrogen and oxygen atoms in total. The minimum atomic E-state index is 0.815. The molecule has 3 aromatic rings. The second-order valence-corrected chi connectivity index (χ2v) is 9.74. The van der Waals surface area contributed by atoms with Crippen molar-refractivity contribution in [2.45, 2.75) is 65.7 Å². The number of nitrogens with zero attached hydrogens (tertiary/aromatic N) is 6. The first kappa shape index (κ1) is 27.1. The molecule has 0 saturated carbocycles. The zero-order chi connectivity index (χ0) is 24.9. The van der Waals surface area contributed by atoms with Crippen LogP contribution in [0.2, 0.25) is 0 Å². The highest BCUT2D eigenvalue weighted by Gasteiger charge is 2.12. The molecule has 7 heteroatoms. The zero-order valence-corrected chi connectivity index (χ0v) is 22.3. The lowest BCUT2D eigenvalue weighted by Crippen LogP contribution is -2.27. The summed E-state index contributed by atoms with van der Waals surface area (Å²) in [7, 11) is 4.29. The van der Waals surface area contributed by atoms with Gasteiger partial charge in [-0.1, -0.05) is 38.1 Å². The van der Waals surface area contributed by atoms with Gasteiger partial charge in [-0.05, 0) is 70.0 Å². The Morgan fingerprint density at radius 2 is 1.46 bits per heavy atom. The summed E-state index contributed by atoms with van der Waals surface area (Å²) < 4.78 is 2.10. The molecule has 0 aliphatic carbocycles. The van der Waals surface area contributed by atoms with E-state index in [0.717, 1.165) is 57.3 Å². The molecule has 2 heterocycles. The zero-order valence-electron chi connectivity index (χ0n) is 22.3. The molecule has 0 atom stereocenters. The lowest BCUT2D eigenvalue weighted by molar-refractivity contribution is 0.229. The van der Waals surface area contributed by atoms with Crippen LogP contribution in [0.15, 0.2) is 49.1 Å². The molecule has 1 aromatic carbocycles. The Morgan fingerprint density at radius 3 is 2.06 bits per heavy atom. The van der Waals surface area contributed by atoms with E-state index in [1.165, 1.54) is 43.5 Å². The smallest absolute Gasteiger partial charge is 0.122 e. The minimum Gasteiger partial charge on any atom is -0.348 e. The number of benzene rings is 1. The van der Waals surface area contributed by atoms with Gasteiger partial charge in [0.05, 0.1) is 13.1 Å². The summed E-state index contributed by atoms with van der Waals surface area (Å²) in [5, 5.41) is 0. The number of nitrogens with one attached hydrogen (secondary N) is 1. The quantitative estimate of drug-likeness (QED) is 0.285. The Kier molecular flexibility index (Phi) is 11.5. The lowest BCUT2D eigenvalue weighted by Gasteiger charge is -2.22. The third-order valence-electron chi connectivity index (χ3n) is 6.44. The van der Waals surface area contributed by atoms with Crippen molar-refractivity contribution in [3.8, 4) is 0 Å². The summed E-state index contributed by atoms with van der Waals surface area (Å²) in [6, 6.07) is 9.23. The van der Waals surface area contributed by atoms with Crippen LogP contribution < -0.4 is 0 Å². The Morgan fingerprint density at radius 1 is 0.771 bits per heavy atom. The molecular formula is C28H45N7. The topological polar surface area (TPSA) is 56.2 Å². The number of H-pyrrole nitrogens is 1. The highest BCUT2D eigenvalue weighted by atomic mass is 15.2. The molecule has 0 fully saturated rings. The highest BCUT2D eigenvalue weighted by molar-refractivity contribution is 5.22. The summed E-state index contributed by atoms with van der Waals surface area (Å²) in [5.74, 6) is 2.09. The van der Waals surface area contributed by atoms with Gasteiger partial charge in [0.2, 0.25) is 0 Å². The molecule has 1 N–H and O–H groups in total. The van der Waals surface area contributed by atoms with Gasteiger partial charge in [-0.3, -0.25) is 9.80 Å². The van der Waals surface area contributed by atoms with E-state index in [9.17, 15) is 0 Å². The van der Waals surface area contributed by atoms with Crippen LogP contribution in [0.25, 0.3) is 0 Å². The maximum atomic E-state index is 4.51. The van der Waals surface area contributed by atoms with Crippen LogP contribution in [-0.2, 0) is 33.2 Å². The van der Waals surface area contributed by atoms with Gasteiger partial charge in [-0.2, -0.15) is 0 Å². The summed E-state index contributed by atoms with van der Waals surface area (Å²) >= 11 is 0. The van der Waals surface area contributed by atoms with Gasteiger partial charge in [-0.25, -0.2) is 9.97 Å². The van der Waals surface area contributed by atoms with Crippen LogP contribution in [0.5, 0.6) is 0 Å². The number of aromatic amines is 1. The van der Waals surface area contributed by atoms with E-state index in [-0.39, 0.29) is 0 Å². The Balaban J connectivity index is 1.41. The third kappa shape index (κ3) is 9.59. The van der Waals surface area contributed by atoms with Gasteiger partial charge in [0, 0.05) is 44.9 Å².